The number of halogens is 1. The number of carbonyl (C=O) groups excluding carboxylic acids is 1. The largest absolute Gasteiger partial charge is 0.466 e. The van der Waals surface area contributed by atoms with Crippen LogP contribution in [0.15, 0.2) is 23.6 Å². The van der Waals surface area contributed by atoms with Gasteiger partial charge in [-0.15, -0.1) is 11.3 Å². The Hall–Kier alpha value is -1.95. The molecule has 2 rings (SSSR count). The van der Waals surface area contributed by atoms with Gasteiger partial charge in [0.15, 0.2) is 5.13 Å². The second-order valence-corrected chi connectivity index (χ2v) is 5.07. The molecule has 2 aromatic rings. The van der Waals surface area contributed by atoms with Crippen molar-refractivity contribution in [1.82, 2.24) is 4.98 Å². The summed E-state index contributed by atoms with van der Waals surface area (Å²) in [5, 5.41) is 5.46. The molecule has 0 saturated carbocycles. The lowest BCUT2D eigenvalue weighted by atomic mass is 10.2. The van der Waals surface area contributed by atoms with Gasteiger partial charge in [0.1, 0.15) is 5.82 Å². The van der Waals surface area contributed by atoms with E-state index in [9.17, 15) is 9.18 Å². The van der Waals surface area contributed by atoms with E-state index in [1.807, 2.05) is 6.92 Å². The standard InChI is InChI=1S/C14H15FN2O2S/c1-3-19-13(18)7-11-8-20-14(16-11)17-12-6-10(15)5-4-9(12)2/h4-6,8H,3,7H2,1-2H3,(H,16,17). The van der Waals surface area contributed by atoms with Gasteiger partial charge >= 0.3 is 5.97 Å². The van der Waals surface area contributed by atoms with E-state index in [2.05, 4.69) is 10.3 Å². The van der Waals surface area contributed by atoms with Crippen LogP contribution in [0.3, 0.4) is 0 Å². The van der Waals surface area contributed by atoms with Crippen LogP contribution >= 0.6 is 11.3 Å². The number of ether oxygens (including phenoxy) is 1. The van der Waals surface area contributed by atoms with Crippen LogP contribution in [0.1, 0.15) is 18.2 Å². The van der Waals surface area contributed by atoms with Crippen molar-refractivity contribution >= 4 is 28.1 Å². The third-order valence-electron chi connectivity index (χ3n) is 2.62. The van der Waals surface area contributed by atoms with Gasteiger partial charge in [0.05, 0.1) is 18.7 Å². The molecule has 0 aliphatic heterocycles. The Labute approximate surface area is 120 Å². The number of hydrogen-bond donors (Lipinski definition) is 1. The quantitative estimate of drug-likeness (QED) is 0.858. The van der Waals surface area contributed by atoms with Crippen molar-refractivity contribution < 1.29 is 13.9 Å². The van der Waals surface area contributed by atoms with Crippen LogP contribution in [0.5, 0.6) is 0 Å². The number of rotatable bonds is 5. The number of esters is 1. The number of nitrogens with one attached hydrogen (secondary N) is 1. The SMILES string of the molecule is CCOC(=O)Cc1csc(Nc2cc(F)ccc2C)n1. The topological polar surface area (TPSA) is 51.2 Å². The lowest BCUT2D eigenvalue weighted by Crippen LogP contribution is -2.07. The second kappa shape index (κ2) is 6.47. The summed E-state index contributed by atoms with van der Waals surface area (Å²) in [6.07, 6.45) is 0.147. The summed E-state index contributed by atoms with van der Waals surface area (Å²) in [4.78, 5) is 15.6. The maximum Gasteiger partial charge on any atom is 0.311 e. The predicted octanol–water partition coefficient (Wildman–Crippen LogP) is 3.44. The minimum Gasteiger partial charge on any atom is -0.466 e. The van der Waals surface area contributed by atoms with Crippen LogP contribution in [0, 0.1) is 12.7 Å². The van der Waals surface area contributed by atoms with Gasteiger partial charge in [-0.3, -0.25) is 4.79 Å². The van der Waals surface area contributed by atoms with E-state index in [0.717, 1.165) is 5.56 Å². The fraction of sp³-hybridized carbons (Fsp3) is 0.286. The molecule has 0 amide bonds. The molecule has 0 aliphatic carbocycles. The van der Waals surface area contributed by atoms with Crippen molar-refractivity contribution in [2.45, 2.75) is 20.3 Å². The molecule has 20 heavy (non-hydrogen) atoms. The van der Waals surface area contributed by atoms with Gasteiger partial charge in [-0.05, 0) is 31.5 Å². The molecule has 0 unspecified atom stereocenters. The van der Waals surface area contributed by atoms with E-state index in [-0.39, 0.29) is 18.2 Å². The van der Waals surface area contributed by atoms with Crippen molar-refractivity contribution in [1.29, 1.82) is 0 Å². The summed E-state index contributed by atoms with van der Waals surface area (Å²) in [5.41, 5.74) is 2.24. The molecule has 4 nitrogen and oxygen atoms in total. The molecule has 1 N–H and O–H groups in total. The van der Waals surface area contributed by atoms with Gasteiger partial charge in [0, 0.05) is 11.1 Å². The predicted molar refractivity (Wildman–Crippen MR) is 76.9 cm³/mol. The minimum atomic E-state index is -0.304. The number of nitrogens with zero attached hydrogens (tertiary/aromatic N) is 1. The molecule has 0 radical (unpaired) electrons. The minimum absolute atomic E-state index is 0.147. The van der Waals surface area contributed by atoms with Crippen molar-refractivity contribution in [3.8, 4) is 0 Å². The van der Waals surface area contributed by atoms with Crippen molar-refractivity contribution in [2.75, 3.05) is 11.9 Å². The molecule has 0 bridgehead atoms. The highest BCUT2D eigenvalue weighted by molar-refractivity contribution is 7.13. The second-order valence-electron chi connectivity index (χ2n) is 4.21. The van der Waals surface area contributed by atoms with E-state index in [4.69, 9.17) is 4.74 Å². The van der Waals surface area contributed by atoms with Crippen LogP contribution in [-0.2, 0) is 16.0 Å². The number of aryl methyl sites for hydroxylation is 1. The maximum absolute atomic E-state index is 13.2. The first-order chi connectivity index (χ1) is 9.58. The van der Waals surface area contributed by atoms with Gasteiger partial charge in [-0.2, -0.15) is 0 Å². The van der Waals surface area contributed by atoms with Crippen molar-refractivity contribution in [2.24, 2.45) is 0 Å². The van der Waals surface area contributed by atoms with Crippen LogP contribution < -0.4 is 5.32 Å². The van der Waals surface area contributed by atoms with Gasteiger partial charge in [-0.1, -0.05) is 6.07 Å². The number of thiazole rings is 1. The zero-order chi connectivity index (χ0) is 14.5. The van der Waals surface area contributed by atoms with E-state index >= 15 is 0 Å². The number of benzene rings is 1. The normalized spacial score (nSPS) is 10.3. The summed E-state index contributed by atoms with van der Waals surface area (Å²) in [6.45, 7) is 4.00. The van der Waals surface area contributed by atoms with E-state index in [1.54, 1.807) is 18.4 Å². The summed E-state index contributed by atoms with van der Waals surface area (Å²) < 4.78 is 18.1. The number of carbonyl (C=O) groups is 1. The zero-order valence-corrected chi connectivity index (χ0v) is 12.1. The molecule has 0 aliphatic rings. The molecule has 0 atom stereocenters. The van der Waals surface area contributed by atoms with Crippen LogP contribution in [0.2, 0.25) is 0 Å². The molecule has 1 aromatic heterocycles. The third-order valence-corrected chi connectivity index (χ3v) is 3.43. The average Bonchev–Trinajstić information content (AvgIpc) is 2.81. The fourth-order valence-electron chi connectivity index (χ4n) is 1.65. The molecule has 0 spiro atoms. The van der Waals surface area contributed by atoms with Crippen LogP contribution in [-0.4, -0.2) is 17.6 Å². The molecule has 0 saturated heterocycles. The number of aromatic nitrogens is 1. The Balaban J connectivity index is 2.06. The lowest BCUT2D eigenvalue weighted by Gasteiger charge is -2.06. The molecular formula is C14H15FN2O2S. The summed E-state index contributed by atoms with van der Waals surface area (Å²) in [7, 11) is 0. The molecular weight excluding hydrogens is 279 g/mol. The van der Waals surface area contributed by atoms with E-state index in [1.165, 1.54) is 23.5 Å². The molecule has 106 valence electrons. The van der Waals surface area contributed by atoms with Gasteiger partial charge < -0.3 is 10.1 Å². The summed E-state index contributed by atoms with van der Waals surface area (Å²) >= 11 is 1.37. The summed E-state index contributed by atoms with van der Waals surface area (Å²) in [5.74, 6) is -0.604. The highest BCUT2D eigenvalue weighted by Crippen LogP contribution is 2.24. The maximum atomic E-state index is 13.2. The van der Waals surface area contributed by atoms with Crippen molar-refractivity contribution in [3.05, 3.63) is 40.7 Å². The molecule has 1 heterocycles. The van der Waals surface area contributed by atoms with Gasteiger partial charge in [0.2, 0.25) is 0 Å². The fourth-order valence-corrected chi connectivity index (χ4v) is 2.37. The number of anilines is 2. The first-order valence-corrected chi connectivity index (χ1v) is 7.09. The Kier molecular flexibility index (Phi) is 4.68. The zero-order valence-electron chi connectivity index (χ0n) is 11.3. The van der Waals surface area contributed by atoms with E-state index < -0.39 is 0 Å². The Morgan fingerprint density at radius 1 is 1.50 bits per heavy atom. The van der Waals surface area contributed by atoms with Crippen molar-refractivity contribution in [3.63, 3.8) is 0 Å². The van der Waals surface area contributed by atoms with E-state index in [0.29, 0.717) is 23.1 Å². The summed E-state index contributed by atoms with van der Waals surface area (Å²) in [6, 6.07) is 4.53. The first kappa shape index (κ1) is 14.5. The average molecular weight is 294 g/mol. The number of hydrogen-bond acceptors (Lipinski definition) is 5. The Morgan fingerprint density at radius 2 is 2.30 bits per heavy atom. The smallest absolute Gasteiger partial charge is 0.311 e. The monoisotopic (exact) mass is 294 g/mol. The third kappa shape index (κ3) is 3.77. The molecule has 0 fully saturated rings. The Bertz CT molecular complexity index is 613. The van der Waals surface area contributed by atoms with Gasteiger partial charge in [-0.25, -0.2) is 9.37 Å². The molecule has 6 heteroatoms. The molecule has 1 aromatic carbocycles. The lowest BCUT2D eigenvalue weighted by molar-refractivity contribution is -0.142. The van der Waals surface area contributed by atoms with Crippen LogP contribution in [0.4, 0.5) is 15.2 Å². The Morgan fingerprint density at radius 3 is 3.05 bits per heavy atom. The van der Waals surface area contributed by atoms with Gasteiger partial charge in [0.25, 0.3) is 0 Å². The van der Waals surface area contributed by atoms with Crippen LogP contribution in [0.25, 0.3) is 0 Å². The highest BCUT2D eigenvalue weighted by atomic mass is 32.1. The highest BCUT2D eigenvalue weighted by Gasteiger charge is 2.09. The first-order valence-electron chi connectivity index (χ1n) is 6.21.